The van der Waals surface area contributed by atoms with Gasteiger partial charge in [0.2, 0.25) is 0 Å². The first-order valence-corrected chi connectivity index (χ1v) is 6.41. The van der Waals surface area contributed by atoms with Gasteiger partial charge in [0.25, 0.3) is 0 Å². The molecule has 2 nitrogen and oxygen atoms in total. The molecule has 0 amide bonds. The number of likely N-dealkylation sites (N-methyl/N-ethyl adjacent to an activating group) is 1. The fraction of sp³-hybridized carbons (Fsp3) is 0.214. The summed E-state index contributed by atoms with van der Waals surface area (Å²) in [7, 11) is 3.73. The van der Waals surface area contributed by atoms with Crippen molar-refractivity contribution < 1.29 is 9.18 Å². The van der Waals surface area contributed by atoms with E-state index in [2.05, 4.69) is 0 Å². The Morgan fingerprint density at radius 1 is 1.17 bits per heavy atom. The Labute approximate surface area is 110 Å². The van der Waals surface area contributed by atoms with Gasteiger partial charge < -0.3 is 4.90 Å². The normalized spacial score (nSPS) is 10.9. The Kier molecular flexibility index (Phi) is 3.89. The van der Waals surface area contributed by atoms with E-state index in [1.807, 2.05) is 31.1 Å². The molecule has 0 saturated carbocycles. The minimum atomic E-state index is -0.251. The first-order chi connectivity index (χ1) is 8.56. The molecule has 0 atom stereocenters. The number of hydrogen-bond donors (Lipinski definition) is 0. The van der Waals surface area contributed by atoms with Gasteiger partial charge in [0.05, 0.1) is 11.4 Å². The van der Waals surface area contributed by atoms with Crippen LogP contribution in [0.25, 0.3) is 10.4 Å². The highest BCUT2D eigenvalue weighted by Crippen LogP contribution is 2.28. The van der Waals surface area contributed by atoms with Crippen LogP contribution >= 0.6 is 11.3 Å². The van der Waals surface area contributed by atoms with Crippen LogP contribution in [-0.2, 0) is 0 Å². The number of benzene rings is 1. The van der Waals surface area contributed by atoms with E-state index in [1.54, 1.807) is 12.1 Å². The molecule has 1 heterocycles. The third-order valence-corrected chi connectivity index (χ3v) is 3.64. The first-order valence-electron chi connectivity index (χ1n) is 5.60. The molecule has 0 N–H and O–H groups in total. The van der Waals surface area contributed by atoms with E-state index < -0.39 is 0 Å². The summed E-state index contributed by atoms with van der Waals surface area (Å²) in [6.45, 7) is 0.406. The topological polar surface area (TPSA) is 20.3 Å². The van der Waals surface area contributed by atoms with E-state index in [-0.39, 0.29) is 11.6 Å². The second-order valence-corrected chi connectivity index (χ2v) is 5.42. The number of nitrogens with zero attached hydrogens (tertiary/aromatic N) is 1. The average Bonchev–Trinajstić information content (AvgIpc) is 2.78. The number of carbonyl (C=O) groups is 1. The molecule has 0 aliphatic rings. The van der Waals surface area contributed by atoms with Gasteiger partial charge in [0.1, 0.15) is 5.82 Å². The quantitative estimate of drug-likeness (QED) is 0.789. The first kappa shape index (κ1) is 12.9. The van der Waals surface area contributed by atoms with Gasteiger partial charge in [-0.2, -0.15) is 0 Å². The lowest BCUT2D eigenvalue weighted by Gasteiger charge is -2.06. The zero-order valence-electron chi connectivity index (χ0n) is 10.3. The van der Waals surface area contributed by atoms with Gasteiger partial charge in [-0.3, -0.25) is 4.79 Å². The summed E-state index contributed by atoms with van der Waals surface area (Å²) in [5.74, 6) is -0.141. The van der Waals surface area contributed by atoms with Crippen molar-refractivity contribution in [2.75, 3.05) is 20.6 Å². The van der Waals surface area contributed by atoms with Gasteiger partial charge in [-0.25, -0.2) is 4.39 Å². The summed E-state index contributed by atoms with van der Waals surface area (Å²) in [6, 6.07) is 10.0. The second-order valence-electron chi connectivity index (χ2n) is 4.33. The van der Waals surface area contributed by atoms with Crippen LogP contribution in [0.5, 0.6) is 0 Å². The molecule has 0 radical (unpaired) electrons. The third-order valence-electron chi connectivity index (χ3n) is 2.47. The standard InChI is InChI=1S/C14H14FNOS/c1-16(2)9-12(17)14-8-7-13(18-14)10-3-5-11(15)6-4-10/h3-8H,9H2,1-2H3. The predicted octanol–water partition coefficient (Wildman–Crippen LogP) is 3.30. The lowest BCUT2D eigenvalue weighted by molar-refractivity contribution is 0.0962. The maximum absolute atomic E-state index is 12.8. The highest BCUT2D eigenvalue weighted by atomic mass is 32.1. The highest BCUT2D eigenvalue weighted by molar-refractivity contribution is 7.17. The molecular weight excluding hydrogens is 249 g/mol. The fourth-order valence-corrected chi connectivity index (χ4v) is 2.56. The molecule has 0 fully saturated rings. The zero-order valence-corrected chi connectivity index (χ0v) is 11.1. The van der Waals surface area contributed by atoms with E-state index in [1.165, 1.54) is 23.5 Å². The fourth-order valence-electron chi connectivity index (χ4n) is 1.62. The SMILES string of the molecule is CN(C)CC(=O)c1ccc(-c2ccc(F)cc2)s1. The van der Waals surface area contributed by atoms with Crippen LogP contribution in [-0.4, -0.2) is 31.3 Å². The molecule has 0 unspecified atom stereocenters. The molecule has 18 heavy (non-hydrogen) atoms. The molecule has 0 aliphatic heterocycles. The Hall–Kier alpha value is -1.52. The summed E-state index contributed by atoms with van der Waals surface area (Å²) >= 11 is 1.44. The van der Waals surface area contributed by atoms with E-state index in [0.717, 1.165) is 15.3 Å². The molecule has 2 rings (SSSR count). The lowest BCUT2D eigenvalue weighted by atomic mass is 10.2. The molecule has 94 valence electrons. The minimum Gasteiger partial charge on any atom is -0.302 e. The summed E-state index contributed by atoms with van der Waals surface area (Å²) in [6.07, 6.45) is 0. The monoisotopic (exact) mass is 263 g/mol. The Morgan fingerprint density at radius 2 is 1.83 bits per heavy atom. The molecule has 2 aromatic rings. The maximum atomic E-state index is 12.8. The summed E-state index contributed by atoms with van der Waals surface area (Å²) in [4.78, 5) is 15.4. The van der Waals surface area contributed by atoms with E-state index in [0.29, 0.717) is 6.54 Å². The number of hydrogen-bond acceptors (Lipinski definition) is 3. The van der Waals surface area contributed by atoms with Gasteiger partial charge in [-0.1, -0.05) is 12.1 Å². The minimum absolute atomic E-state index is 0.110. The van der Waals surface area contributed by atoms with Gasteiger partial charge in [0.15, 0.2) is 5.78 Å². The molecule has 0 spiro atoms. The largest absolute Gasteiger partial charge is 0.302 e. The molecule has 1 aromatic carbocycles. The Balaban J connectivity index is 2.20. The summed E-state index contributed by atoms with van der Waals surface area (Å²) in [5.41, 5.74) is 0.935. The van der Waals surface area contributed by atoms with Crippen molar-refractivity contribution in [2.45, 2.75) is 0 Å². The Morgan fingerprint density at radius 3 is 2.44 bits per heavy atom. The number of ketones is 1. The van der Waals surface area contributed by atoms with Gasteiger partial charge in [0, 0.05) is 4.88 Å². The van der Waals surface area contributed by atoms with Crippen LogP contribution in [0.1, 0.15) is 9.67 Å². The van der Waals surface area contributed by atoms with Gasteiger partial charge in [-0.05, 0) is 43.9 Å². The lowest BCUT2D eigenvalue weighted by Crippen LogP contribution is -2.20. The molecule has 0 saturated heterocycles. The molecule has 0 bridgehead atoms. The van der Waals surface area contributed by atoms with E-state index in [9.17, 15) is 9.18 Å². The second kappa shape index (κ2) is 5.42. The van der Waals surface area contributed by atoms with Gasteiger partial charge >= 0.3 is 0 Å². The molecule has 1 aromatic heterocycles. The zero-order chi connectivity index (χ0) is 13.1. The van der Waals surface area contributed by atoms with Crippen LogP contribution in [0, 0.1) is 5.82 Å². The smallest absolute Gasteiger partial charge is 0.186 e. The number of carbonyl (C=O) groups excluding carboxylic acids is 1. The van der Waals surface area contributed by atoms with Crippen molar-refractivity contribution in [3.05, 3.63) is 47.1 Å². The summed E-state index contributed by atoms with van der Waals surface area (Å²) in [5, 5.41) is 0. The third kappa shape index (κ3) is 3.03. The van der Waals surface area contributed by atoms with Crippen molar-refractivity contribution in [1.29, 1.82) is 0 Å². The summed E-state index contributed by atoms with van der Waals surface area (Å²) < 4.78 is 12.8. The molecule has 4 heteroatoms. The molecule has 0 aliphatic carbocycles. The predicted molar refractivity (Wildman–Crippen MR) is 72.6 cm³/mol. The van der Waals surface area contributed by atoms with Crippen molar-refractivity contribution in [2.24, 2.45) is 0 Å². The number of rotatable bonds is 4. The highest BCUT2D eigenvalue weighted by Gasteiger charge is 2.11. The van der Waals surface area contributed by atoms with E-state index in [4.69, 9.17) is 0 Å². The van der Waals surface area contributed by atoms with Crippen LogP contribution < -0.4 is 0 Å². The number of Topliss-reactive ketones (excluding diaryl/α,β-unsaturated/α-hetero) is 1. The molecular formula is C14H14FNOS. The van der Waals surface area contributed by atoms with Crippen LogP contribution in [0.4, 0.5) is 4.39 Å². The van der Waals surface area contributed by atoms with Crippen LogP contribution in [0.2, 0.25) is 0 Å². The average molecular weight is 263 g/mol. The number of halogens is 1. The van der Waals surface area contributed by atoms with Crippen molar-refractivity contribution >= 4 is 17.1 Å². The number of thiophene rings is 1. The van der Waals surface area contributed by atoms with Crippen molar-refractivity contribution in [3.63, 3.8) is 0 Å². The van der Waals surface area contributed by atoms with Crippen molar-refractivity contribution in [3.8, 4) is 10.4 Å². The maximum Gasteiger partial charge on any atom is 0.186 e. The van der Waals surface area contributed by atoms with Crippen LogP contribution in [0.15, 0.2) is 36.4 Å². The van der Waals surface area contributed by atoms with Crippen molar-refractivity contribution in [1.82, 2.24) is 4.90 Å². The van der Waals surface area contributed by atoms with Gasteiger partial charge in [-0.15, -0.1) is 11.3 Å². The van der Waals surface area contributed by atoms with E-state index >= 15 is 0 Å². The van der Waals surface area contributed by atoms with Crippen LogP contribution in [0.3, 0.4) is 0 Å². The Bertz CT molecular complexity index is 545.